The van der Waals surface area contributed by atoms with Gasteiger partial charge in [0.15, 0.2) is 0 Å². The van der Waals surface area contributed by atoms with E-state index in [1.54, 1.807) is 12.1 Å². The lowest BCUT2D eigenvalue weighted by molar-refractivity contribution is -0.137. The number of nitrogens with one attached hydrogen (secondary N) is 1. The first-order valence-corrected chi connectivity index (χ1v) is 12.1. The molecule has 0 saturated carbocycles. The first-order chi connectivity index (χ1) is 17.6. The number of carbonyl (C=O) groups is 1. The molecule has 1 aliphatic heterocycles. The van der Waals surface area contributed by atoms with Gasteiger partial charge >= 0.3 is 6.18 Å². The van der Waals surface area contributed by atoms with Gasteiger partial charge in [0, 0.05) is 63.8 Å². The van der Waals surface area contributed by atoms with Crippen LogP contribution in [0.15, 0.2) is 72.8 Å². The van der Waals surface area contributed by atoms with Crippen LogP contribution >= 0.6 is 0 Å². The standard InChI is InChI=1S/C28H30F4N4O/c1-34(2)24-11-5-20(6-12-24)26(19-33-27(37)21-3-7-22(8-4-21)28(30,31)32)36-17-15-35(16-18-36)25-13-9-23(29)10-14-25/h3-14,26H,15-19H2,1-2H3,(H,33,37). The van der Waals surface area contributed by atoms with Crippen molar-refractivity contribution in [3.05, 3.63) is 95.3 Å². The molecule has 0 aromatic heterocycles. The summed E-state index contributed by atoms with van der Waals surface area (Å²) in [4.78, 5) is 19.3. The van der Waals surface area contributed by atoms with E-state index in [4.69, 9.17) is 0 Å². The Hall–Kier alpha value is -3.59. The molecule has 1 amide bonds. The molecule has 1 fully saturated rings. The highest BCUT2D eigenvalue weighted by Gasteiger charge is 2.30. The Morgan fingerprint density at radius 3 is 2.03 bits per heavy atom. The minimum Gasteiger partial charge on any atom is -0.378 e. The van der Waals surface area contributed by atoms with E-state index in [2.05, 4.69) is 15.1 Å². The second-order valence-electron chi connectivity index (χ2n) is 9.29. The molecule has 0 bridgehead atoms. The molecule has 3 aromatic rings. The highest BCUT2D eigenvalue weighted by molar-refractivity contribution is 5.94. The van der Waals surface area contributed by atoms with E-state index in [9.17, 15) is 22.4 Å². The third kappa shape index (κ3) is 6.60. The molecule has 37 heavy (non-hydrogen) atoms. The molecule has 0 aliphatic carbocycles. The Morgan fingerprint density at radius 2 is 1.49 bits per heavy atom. The van der Waals surface area contributed by atoms with Crippen molar-refractivity contribution in [2.75, 3.05) is 56.6 Å². The number of hydrogen-bond acceptors (Lipinski definition) is 4. The van der Waals surface area contributed by atoms with Gasteiger partial charge in [0.05, 0.1) is 11.6 Å². The van der Waals surface area contributed by atoms with Crippen LogP contribution in [0, 0.1) is 5.82 Å². The van der Waals surface area contributed by atoms with Crippen LogP contribution in [0.2, 0.25) is 0 Å². The highest BCUT2D eigenvalue weighted by Crippen LogP contribution is 2.29. The fourth-order valence-electron chi connectivity index (χ4n) is 4.50. The van der Waals surface area contributed by atoms with Crippen LogP contribution < -0.4 is 15.1 Å². The van der Waals surface area contributed by atoms with Crippen LogP contribution in [0.1, 0.15) is 27.5 Å². The second-order valence-corrected chi connectivity index (χ2v) is 9.29. The summed E-state index contributed by atoms with van der Waals surface area (Å²) in [5, 5.41) is 2.91. The van der Waals surface area contributed by atoms with Gasteiger partial charge in [-0.2, -0.15) is 13.2 Å². The number of nitrogens with zero attached hydrogens (tertiary/aromatic N) is 3. The van der Waals surface area contributed by atoms with Crippen LogP contribution in [0.4, 0.5) is 28.9 Å². The SMILES string of the molecule is CN(C)c1ccc(C(CNC(=O)c2ccc(C(F)(F)F)cc2)N2CCN(c3ccc(F)cc3)CC2)cc1. The van der Waals surface area contributed by atoms with Crippen molar-refractivity contribution < 1.29 is 22.4 Å². The van der Waals surface area contributed by atoms with Crippen LogP contribution in [-0.4, -0.2) is 57.6 Å². The number of benzene rings is 3. The minimum atomic E-state index is -4.45. The number of amides is 1. The summed E-state index contributed by atoms with van der Waals surface area (Å²) in [6, 6.07) is 18.7. The molecule has 0 spiro atoms. The van der Waals surface area contributed by atoms with E-state index in [1.807, 2.05) is 43.3 Å². The first-order valence-electron chi connectivity index (χ1n) is 12.1. The van der Waals surface area contributed by atoms with Gasteiger partial charge in [-0.05, 0) is 66.2 Å². The van der Waals surface area contributed by atoms with Gasteiger partial charge in [0.1, 0.15) is 5.82 Å². The number of carbonyl (C=O) groups excluding carboxylic acids is 1. The summed E-state index contributed by atoms with van der Waals surface area (Å²) in [6.07, 6.45) is -4.45. The summed E-state index contributed by atoms with van der Waals surface area (Å²) < 4.78 is 51.9. The quantitative estimate of drug-likeness (QED) is 0.440. The molecule has 4 rings (SSSR count). The van der Waals surface area contributed by atoms with Crippen molar-refractivity contribution in [1.82, 2.24) is 10.2 Å². The largest absolute Gasteiger partial charge is 0.416 e. The first kappa shape index (κ1) is 26.5. The Labute approximate surface area is 214 Å². The molecule has 5 nitrogen and oxygen atoms in total. The lowest BCUT2D eigenvalue weighted by atomic mass is 10.0. The maximum absolute atomic E-state index is 13.3. The Morgan fingerprint density at radius 1 is 0.892 bits per heavy atom. The van der Waals surface area contributed by atoms with Gasteiger partial charge < -0.3 is 15.1 Å². The zero-order valence-corrected chi connectivity index (χ0v) is 20.8. The fourth-order valence-corrected chi connectivity index (χ4v) is 4.50. The van der Waals surface area contributed by atoms with E-state index in [1.165, 1.54) is 24.3 Å². The van der Waals surface area contributed by atoms with Crippen molar-refractivity contribution in [1.29, 1.82) is 0 Å². The smallest absolute Gasteiger partial charge is 0.378 e. The summed E-state index contributed by atoms with van der Waals surface area (Å²) in [7, 11) is 3.93. The zero-order valence-electron chi connectivity index (χ0n) is 20.8. The van der Waals surface area contributed by atoms with Gasteiger partial charge in [-0.15, -0.1) is 0 Å². The molecule has 3 aromatic carbocycles. The number of rotatable bonds is 7. The average Bonchev–Trinajstić information content (AvgIpc) is 2.89. The number of halogens is 4. The molecule has 1 unspecified atom stereocenters. The number of alkyl halides is 3. The topological polar surface area (TPSA) is 38.8 Å². The molecule has 1 saturated heterocycles. The van der Waals surface area contributed by atoms with Crippen molar-refractivity contribution >= 4 is 17.3 Å². The lowest BCUT2D eigenvalue weighted by Crippen LogP contribution is -2.50. The van der Waals surface area contributed by atoms with Crippen LogP contribution in [0.3, 0.4) is 0 Å². The average molecular weight is 515 g/mol. The molecule has 9 heteroatoms. The molecule has 1 N–H and O–H groups in total. The number of hydrogen-bond donors (Lipinski definition) is 1. The number of piperazine rings is 1. The summed E-state index contributed by atoms with van der Waals surface area (Å²) in [6.45, 7) is 3.24. The van der Waals surface area contributed by atoms with E-state index in [-0.39, 0.29) is 17.4 Å². The van der Waals surface area contributed by atoms with E-state index < -0.39 is 17.6 Å². The Kier molecular flexibility index (Phi) is 8.02. The molecular formula is C28H30F4N4O. The summed E-state index contributed by atoms with van der Waals surface area (Å²) in [5.74, 6) is -0.694. The third-order valence-corrected chi connectivity index (χ3v) is 6.67. The zero-order chi connectivity index (χ0) is 26.6. The van der Waals surface area contributed by atoms with Crippen LogP contribution in [0.25, 0.3) is 0 Å². The highest BCUT2D eigenvalue weighted by atomic mass is 19.4. The van der Waals surface area contributed by atoms with Gasteiger partial charge in [0.25, 0.3) is 5.91 Å². The second kappa shape index (κ2) is 11.2. The molecule has 1 aliphatic rings. The fraction of sp³-hybridized carbons (Fsp3) is 0.321. The van der Waals surface area contributed by atoms with Crippen LogP contribution in [-0.2, 0) is 6.18 Å². The number of anilines is 2. The molecular weight excluding hydrogens is 484 g/mol. The minimum absolute atomic E-state index is 0.120. The van der Waals surface area contributed by atoms with Gasteiger partial charge in [-0.25, -0.2) is 4.39 Å². The predicted molar refractivity (Wildman–Crippen MR) is 137 cm³/mol. The lowest BCUT2D eigenvalue weighted by Gasteiger charge is -2.40. The third-order valence-electron chi connectivity index (χ3n) is 6.67. The summed E-state index contributed by atoms with van der Waals surface area (Å²) >= 11 is 0. The monoisotopic (exact) mass is 514 g/mol. The van der Waals surface area contributed by atoms with Gasteiger partial charge in [0.2, 0.25) is 0 Å². The molecule has 0 radical (unpaired) electrons. The van der Waals surface area contributed by atoms with Crippen LogP contribution in [0.5, 0.6) is 0 Å². The van der Waals surface area contributed by atoms with E-state index in [0.29, 0.717) is 6.54 Å². The van der Waals surface area contributed by atoms with E-state index >= 15 is 0 Å². The van der Waals surface area contributed by atoms with Gasteiger partial charge in [-0.3, -0.25) is 9.69 Å². The molecule has 196 valence electrons. The molecule has 1 atom stereocenters. The van der Waals surface area contributed by atoms with Gasteiger partial charge in [-0.1, -0.05) is 12.1 Å². The van der Waals surface area contributed by atoms with Crippen molar-refractivity contribution in [3.8, 4) is 0 Å². The molecule has 1 heterocycles. The van der Waals surface area contributed by atoms with E-state index in [0.717, 1.165) is 55.2 Å². The maximum Gasteiger partial charge on any atom is 0.416 e. The Bertz CT molecular complexity index is 1170. The maximum atomic E-state index is 13.3. The summed E-state index contributed by atoms with van der Waals surface area (Å²) in [5.41, 5.74) is 2.44. The van der Waals surface area contributed by atoms with Crippen molar-refractivity contribution in [2.24, 2.45) is 0 Å². The Balaban J connectivity index is 1.47. The van der Waals surface area contributed by atoms with Crippen molar-refractivity contribution in [2.45, 2.75) is 12.2 Å². The normalized spacial score (nSPS) is 15.4. The predicted octanol–water partition coefficient (Wildman–Crippen LogP) is 5.20. The van der Waals surface area contributed by atoms with Crippen molar-refractivity contribution in [3.63, 3.8) is 0 Å².